The summed E-state index contributed by atoms with van der Waals surface area (Å²) in [6.45, 7) is 9.36. The highest BCUT2D eigenvalue weighted by molar-refractivity contribution is 5.99. The lowest BCUT2D eigenvalue weighted by Crippen LogP contribution is -2.48. The van der Waals surface area contributed by atoms with Crippen molar-refractivity contribution in [2.24, 2.45) is 11.8 Å². The standard InChI is InChI=1S/C23H35NO5/c1-6-13-29-23(11-9-17(4)10-12-23)22(26)24-18-7-8-20(28-15-16(2)3)19(14-18)21(25)27-5/h7-8,14,16-17H,6,9-13,15H2,1-5H3,(H,24,26). The van der Waals surface area contributed by atoms with Crippen LogP contribution in [0.25, 0.3) is 0 Å². The predicted octanol–water partition coefficient (Wildman–Crippen LogP) is 4.82. The molecule has 162 valence electrons. The smallest absolute Gasteiger partial charge is 0.341 e. The molecule has 1 aliphatic carbocycles. The van der Waals surface area contributed by atoms with Crippen LogP contribution in [0.3, 0.4) is 0 Å². The molecule has 1 N–H and O–H groups in total. The summed E-state index contributed by atoms with van der Waals surface area (Å²) in [5.41, 5.74) is 0.0259. The van der Waals surface area contributed by atoms with Gasteiger partial charge in [0, 0.05) is 12.3 Å². The number of amides is 1. The first-order chi connectivity index (χ1) is 13.8. The molecule has 0 aliphatic heterocycles. The first kappa shape index (κ1) is 23.2. The summed E-state index contributed by atoms with van der Waals surface area (Å²) < 4.78 is 16.7. The van der Waals surface area contributed by atoms with Crippen molar-refractivity contribution in [1.29, 1.82) is 0 Å². The summed E-state index contributed by atoms with van der Waals surface area (Å²) in [7, 11) is 1.33. The van der Waals surface area contributed by atoms with E-state index in [1.807, 2.05) is 20.8 Å². The Bertz CT molecular complexity index is 687. The molecule has 1 aliphatic rings. The number of hydrogen-bond donors (Lipinski definition) is 1. The van der Waals surface area contributed by atoms with Crippen LogP contribution in [-0.4, -0.2) is 37.8 Å². The molecule has 0 saturated heterocycles. The van der Waals surface area contributed by atoms with Crippen molar-refractivity contribution in [3.8, 4) is 5.75 Å². The zero-order valence-electron chi connectivity index (χ0n) is 18.4. The lowest BCUT2D eigenvalue weighted by Gasteiger charge is -2.38. The maximum atomic E-state index is 13.2. The van der Waals surface area contributed by atoms with Crippen LogP contribution in [0, 0.1) is 11.8 Å². The van der Waals surface area contributed by atoms with Crippen LogP contribution < -0.4 is 10.1 Å². The number of carbonyl (C=O) groups excluding carboxylic acids is 2. The van der Waals surface area contributed by atoms with Crippen LogP contribution in [0.15, 0.2) is 18.2 Å². The molecule has 1 aromatic carbocycles. The first-order valence-corrected chi connectivity index (χ1v) is 10.6. The Morgan fingerprint density at radius 1 is 1.24 bits per heavy atom. The van der Waals surface area contributed by atoms with Crippen molar-refractivity contribution in [3.63, 3.8) is 0 Å². The Hall–Kier alpha value is -2.08. The number of carbonyl (C=O) groups is 2. The molecule has 0 unspecified atom stereocenters. The molecule has 0 radical (unpaired) electrons. The largest absolute Gasteiger partial charge is 0.492 e. The topological polar surface area (TPSA) is 73.9 Å². The zero-order chi connectivity index (χ0) is 21.4. The fourth-order valence-electron chi connectivity index (χ4n) is 3.47. The fraction of sp³-hybridized carbons (Fsp3) is 0.652. The minimum Gasteiger partial charge on any atom is -0.492 e. The SMILES string of the molecule is CCCOC1(C(=O)Nc2ccc(OCC(C)C)c(C(=O)OC)c2)CCC(C)CC1. The Morgan fingerprint density at radius 3 is 2.52 bits per heavy atom. The van der Waals surface area contributed by atoms with Crippen LogP contribution >= 0.6 is 0 Å². The molecule has 1 aromatic rings. The van der Waals surface area contributed by atoms with Crippen molar-refractivity contribution in [2.45, 2.75) is 65.4 Å². The van der Waals surface area contributed by atoms with Crippen LogP contribution in [-0.2, 0) is 14.3 Å². The van der Waals surface area contributed by atoms with Gasteiger partial charge < -0.3 is 19.5 Å². The van der Waals surface area contributed by atoms with Gasteiger partial charge >= 0.3 is 5.97 Å². The van der Waals surface area contributed by atoms with Crippen LogP contribution in [0.1, 0.15) is 70.2 Å². The van der Waals surface area contributed by atoms with E-state index in [2.05, 4.69) is 12.2 Å². The third-order valence-electron chi connectivity index (χ3n) is 5.29. The number of esters is 1. The summed E-state index contributed by atoms with van der Waals surface area (Å²) in [6.07, 6.45) is 4.21. The summed E-state index contributed by atoms with van der Waals surface area (Å²) in [5.74, 6) is 0.730. The quantitative estimate of drug-likeness (QED) is 0.596. The summed E-state index contributed by atoms with van der Waals surface area (Å²) >= 11 is 0. The molecule has 6 nitrogen and oxygen atoms in total. The van der Waals surface area contributed by atoms with E-state index in [0.717, 1.165) is 19.3 Å². The van der Waals surface area contributed by atoms with Crippen molar-refractivity contribution < 1.29 is 23.8 Å². The maximum Gasteiger partial charge on any atom is 0.341 e. The van der Waals surface area contributed by atoms with Gasteiger partial charge in [-0.15, -0.1) is 0 Å². The van der Waals surface area contributed by atoms with Gasteiger partial charge in [-0.25, -0.2) is 4.79 Å². The maximum absolute atomic E-state index is 13.2. The number of nitrogens with one attached hydrogen (secondary N) is 1. The normalized spacial score (nSPS) is 21.7. The number of anilines is 1. The van der Waals surface area contributed by atoms with E-state index in [9.17, 15) is 9.59 Å². The number of rotatable bonds is 9. The highest BCUT2D eigenvalue weighted by Crippen LogP contribution is 2.36. The zero-order valence-corrected chi connectivity index (χ0v) is 18.4. The van der Waals surface area contributed by atoms with Crippen molar-refractivity contribution in [3.05, 3.63) is 23.8 Å². The number of benzene rings is 1. The Morgan fingerprint density at radius 2 is 1.93 bits per heavy atom. The molecule has 0 bridgehead atoms. The third kappa shape index (κ3) is 6.20. The molecule has 6 heteroatoms. The van der Waals surface area contributed by atoms with E-state index < -0.39 is 11.6 Å². The van der Waals surface area contributed by atoms with Crippen molar-refractivity contribution in [2.75, 3.05) is 25.6 Å². The van der Waals surface area contributed by atoms with E-state index in [-0.39, 0.29) is 5.91 Å². The highest BCUT2D eigenvalue weighted by Gasteiger charge is 2.42. The average molecular weight is 406 g/mol. The van der Waals surface area contributed by atoms with E-state index in [0.29, 0.717) is 54.9 Å². The first-order valence-electron chi connectivity index (χ1n) is 10.6. The van der Waals surface area contributed by atoms with Gasteiger partial charge in [0.25, 0.3) is 5.91 Å². The Kier molecular flexibility index (Phi) is 8.50. The second kappa shape index (κ2) is 10.6. The van der Waals surface area contributed by atoms with E-state index in [4.69, 9.17) is 14.2 Å². The molecule has 1 amide bonds. The van der Waals surface area contributed by atoms with Gasteiger partial charge in [-0.05, 0) is 62.1 Å². The molecule has 0 heterocycles. The van der Waals surface area contributed by atoms with Gasteiger partial charge in [0.2, 0.25) is 0 Å². The lowest BCUT2D eigenvalue weighted by atomic mass is 9.78. The summed E-state index contributed by atoms with van der Waals surface area (Å²) in [6, 6.07) is 5.06. The molecular weight excluding hydrogens is 370 g/mol. The summed E-state index contributed by atoms with van der Waals surface area (Å²) in [5, 5.41) is 2.96. The molecule has 0 spiro atoms. The third-order valence-corrected chi connectivity index (χ3v) is 5.29. The van der Waals surface area contributed by atoms with Gasteiger partial charge in [0.1, 0.15) is 16.9 Å². The second-order valence-corrected chi connectivity index (χ2v) is 8.39. The van der Waals surface area contributed by atoms with Crippen LogP contribution in [0.4, 0.5) is 5.69 Å². The summed E-state index contributed by atoms with van der Waals surface area (Å²) in [4.78, 5) is 25.4. The van der Waals surface area contributed by atoms with Gasteiger partial charge in [0.15, 0.2) is 0 Å². The minimum absolute atomic E-state index is 0.149. The second-order valence-electron chi connectivity index (χ2n) is 8.39. The van der Waals surface area contributed by atoms with Crippen LogP contribution in [0.2, 0.25) is 0 Å². The van der Waals surface area contributed by atoms with E-state index in [1.54, 1.807) is 18.2 Å². The molecule has 2 rings (SSSR count). The average Bonchev–Trinajstić information content (AvgIpc) is 2.71. The lowest BCUT2D eigenvalue weighted by molar-refractivity contribution is -0.147. The van der Waals surface area contributed by atoms with Gasteiger partial charge in [-0.1, -0.05) is 27.7 Å². The molecule has 1 saturated carbocycles. The number of hydrogen-bond acceptors (Lipinski definition) is 5. The molecule has 29 heavy (non-hydrogen) atoms. The minimum atomic E-state index is -0.805. The van der Waals surface area contributed by atoms with E-state index in [1.165, 1.54) is 7.11 Å². The van der Waals surface area contributed by atoms with Gasteiger partial charge in [-0.3, -0.25) is 4.79 Å². The predicted molar refractivity (Wildman–Crippen MR) is 113 cm³/mol. The molecular formula is C23H35NO5. The Balaban J connectivity index is 2.22. The van der Waals surface area contributed by atoms with Crippen LogP contribution in [0.5, 0.6) is 5.75 Å². The van der Waals surface area contributed by atoms with Gasteiger partial charge in [0.05, 0.1) is 13.7 Å². The fourth-order valence-corrected chi connectivity index (χ4v) is 3.47. The molecule has 1 fully saturated rings. The van der Waals surface area contributed by atoms with E-state index >= 15 is 0 Å². The van der Waals surface area contributed by atoms with Gasteiger partial charge in [-0.2, -0.15) is 0 Å². The Labute approximate surface area is 174 Å². The highest BCUT2D eigenvalue weighted by atomic mass is 16.5. The monoisotopic (exact) mass is 405 g/mol. The molecule has 0 atom stereocenters. The number of methoxy groups -OCH3 is 1. The van der Waals surface area contributed by atoms with Crippen molar-refractivity contribution in [1.82, 2.24) is 0 Å². The van der Waals surface area contributed by atoms with Crippen molar-refractivity contribution >= 4 is 17.6 Å². The molecule has 0 aromatic heterocycles. The number of ether oxygens (including phenoxy) is 3.